The van der Waals surface area contributed by atoms with Crippen LogP contribution in [0, 0.1) is 0 Å². The summed E-state index contributed by atoms with van der Waals surface area (Å²) in [6, 6.07) is 6.39. The lowest BCUT2D eigenvalue weighted by atomic mass is 10.0. The fraction of sp³-hybridized carbons (Fsp3) is 0.571. The number of fused-ring (bicyclic) bond motifs is 1. The van der Waals surface area contributed by atoms with Crippen LogP contribution in [0.2, 0.25) is 0 Å². The predicted octanol–water partition coefficient (Wildman–Crippen LogP) is 1.76. The highest BCUT2D eigenvalue weighted by atomic mass is 16.5. The quantitative estimate of drug-likeness (QED) is 0.841. The first-order valence-electron chi connectivity index (χ1n) is 6.35. The van der Waals surface area contributed by atoms with Crippen molar-refractivity contribution >= 4 is 0 Å². The summed E-state index contributed by atoms with van der Waals surface area (Å²) in [5.74, 6) is 1.07. The van der Waals surface area contributed by atoms with Gasteiger partial charge in [-0.15, -0.1) is 0 Å². The van der Waals surface area contributed by atoms with Gasteiger partial charge in [0, 0.05) is 38.2 Å². The maximum absolute atomic E-state index is 6.29. The molecule has 17 heavy (non-hydrogen) atoms. The van der Waals surface area contributed by atoms with Gasteiger partial charge in [-0.05, 0) is 25.6 Å². The van der Waals surface area contributed by atoms with Crippen molar-refractivity contribution in [3.8, 4) is 5.75 Å². The lowest BCUT2D eigenvalue weighted by Crippen LogP contribution is -2.35. The van der Waals surface area contributed by atoms with Crippen LogP contribution < -0.4 is 10.1 Å². The van der Waals surface area contributed by atoms with E-state index >= 15 is 0 Å². The lowest BCUT2D eigenvalue weighted by molar-refractivity contribution is 0.0985. The monoisotopic (exact) mass is 232 g/mol. The molecule has 3 heteroatoms. The van der Waals surface area contributed by atoms with Crippen LogP contribution in [0.1, 0.15) is 24.5 Å². The summed E-state index contributed by atoms with van der Waals surface area (Å²) >= 11 is 0. The Labute approximate surface area is 103 Å². The van der Waals surface area contributed by atoms with E-state index in [0.29, 0.717) is 0 Å². The first kappa shape index (κ1) is 11.1. The zero-order chi connectivity index (χ0) is 11.9. The molecule has 0 saturated carbocycles. The molecule has 92 valence electrons. The Morgan fingerprint density at radius 3 is 3.00 bits per heavy atom. The Balaban J connectivity index is 1.84. The Bertz CT molecular complexity index is 432. The van der Waals surface area contributed by atoms with Gasteiger partial charge in [0.05, 0.1) is 0 Å². The van der Waals surface area contributed by atoms with Crippen LogP contribution in [0.3, 0.4) is 0 Å². The minimum absolute atomic E-state index is 0.0214. The molecule has 1 fully saturated rings. The molecule has 0 radical (unpaired) electrons. The van der Waals surface area contributed by atoms with E-state index in [2.05, 4.69) is 42.4 Å². The van der Waals surface area contributed by atoms with Gasteiger partial charge in [-0.3, -0.25) is 0 Å². The topological polar surface area (TPSA) is 24.5 Å². The molecular formula is C14H20N2O. The van der Waals surface area contributed by atoms with Crippen LogP contribution in [0.5, 0.6) is 5.75 Å². The van der Waals surface area contributed by atoms with Crippen LogP contribution >= 0.6 is 0 Å². The number of likely N-dealkylation sites (N-methyl/N-ethyl adjacent to an activating group) is 1. The van der Waals surface area contributed by atoms with Gasteiger partial charge < -0.3 is 15.0 Å². The summed E-state index contributed by atoms with van der Waals surface area (Å²) in [7, 11) is 2.16. The van der Waals surface area contributed by atoms with Gasteiger partial charge >= 0.3 is 0 Å². The molecule has 0 spiro atoms. The normalized spacial score (nSPS) is 28.4. The zero-order valence-corrected chi connectivity index (χ0v) is 10.6. The van der Waals surface area contributed by atoms with Crippen LogP contribution in [0.4, 0.5) is 0 Å². The van der Waals surface area contributed by atoms with E-state index in [1.807, 2.05) is 0 Å². The van der Waals surface area contributed by atoms with Crippen LogP contribution in [0.15, 0.2) is 18.2 Å². The molecular weight excluding hydrogens is 212 g/mol. The summed E-state index contributed by atoms with van der Waals surface area (Å²) in [4.78, 5) is 2.33. The van der Waals surface area contributed by atoms with Crippen molar-refractivity contribution in [3.63, 3.8) is 0 Å². The number of likely N-dealkylation sites (tertiary alicyclic amines) is 1. The molecule has 0 bridgehead atoms. The Kier molecular flexibility index (Phi) is 2.60. The van der Waals surface area contributed by atoms with E-state index in [1.165, 1.54) is 11.1 Å². The summed E-state index contributed by atoms with van der Waals surface area (Å²) in [5, 5.41) is 3.38. The highest BCUT2D eigenvalue weighted by Crippen LogP contribution is 2.32. The molecule has 0 aliphatic carbocycles. The second-order valence-electron chi connectivity index (χ2n) is 5.54. The Morgan fingerprint density at radius 2 is 2.24 bits per heavy atom. The molecule has 3 nitrogen and oxygen atoms in total. The lowest BCUT2D eigenvalue weighted by Gasteiger charge is -2.27. The number of hydrogen-bond donors (Lipinski definition) is 1. The fourth-order valence-electron chi connectivity index (χ4n) is 2.90. The van der Waals surface area contributed by atoms with E-state index in [-0.39, 0.29) is 5.60 Å². The maximum Gasteiger partial charge on any atom is 0.125 e. The largest absolute Gasteiger partial charge is 0.486 e. The summed E-state index contributed by atoms with van der Waals surface area (Å²) < 4.78 is 6.29. The molecule has 1 saturated heterocycles. The van der Waals surface area contributed by atoms with E-state index in [1.54, 1.807) is 0 Å². The summed E-state index contributed by atoms with van der Waals surface area (Å²) in [6.45, 7) is 6.28. The second-order valence-corrected chi connectivity index (χ2v) is 5.54. The summed E-state index contributed by atoms with van der Waals surface area (Å²) in [6.07, 6.45) is 1.11. The average molecular weight is 232 g/mol. The van der Waals surface area contributed by atoms with E-state index in [0.717, 1.165) is 38.3 Å². The Hall–Kier alpha value is -1.06. The molecule has 1 unspecified atom stereocenters. The second kappa shape index (κ2) is 4.00. The van der Waals surface area contributed by atoms with Crippen LogP contribution in [0.25, 0.3) is 0 Å². The molecule has 2 aliphatic heterocycles. The first-order chi connectivity index (χ1) is 8.16. The van der Waals surface area contributed by atoms with Gasteiger partial charge in [0.15, 0.2) is 0 Å². The predicted molar refractivity (Wildman–Crippen MR) is 68.1 cm³/mol. The Morgan fingerprint density at radius 1 is 1.35 bits per heavy atom. The van der Waals surface area contributed by atoms with Gasteiger partial charge in [0.2, 0.25) is 0 Å². The van der Waals surface area contributed by atoms with E-state index in [4.69, 9.17) is 4.74 Å². The highest BCUT2D eigenvalue weighted by molar-refractivity contribution is 5.42. The standard InChI is InChI=1S/C14H20N2O/c1-14(6-7-16(2)10-14)17-13-5-3-4-11-8-15-9-12(11)13/h3-5,15H,6-10H2,1-2H3. The molecule has 0 aromatic heterocycles. The van der Waals surface area contributed by atoms with Gasteiger partial charge in [0.1, 0.15) is 11.4 Å². The smallest absolute Gasteiger partial charge is 0.125 e. The van der Waals surface area contributed by atoms with Gasteiger partial charge in [0.25, 0.3) is 0 Å². The van der Waals surface area contributed by atoms with Crippen molar-refractivity contribution in [2.24, 2.45) is 0 Å². The highest BCUT2D eigenvalue weighted by Gasteiger charge is 2.34. The number of rotatable bonds is 2. The third-order valence-electron chi connectivity index (χ3n) is 3.83. The SMILES string of the molecule is CN1CCC(C)(Oc2cccc3c2CNC3)C1. The number of hydrogen-bond acceptors (Lipinski definition) is 3. The third-order valence-corrected chi connectivity index (χ3v) is 3.83. The number of benzene rings is 1. The van der Waals surface area contributed by atoms with Crippen LogP contribution in [-0.4, -0.2) is 30.6 Å². The molecule has 1 atom stereocenters. The molecule has 3 rings (SSSR count). The van der Waals surface area contributed by atoms with E-state index in [9.17, 15) is 0 Å². The molecule has 1 aromatic carbocycles. The van der Waals surface area contributed by atoms with Crippen molar-refractivity contribution < 1.29 is 4.74 Å². The number of nitrogens with one attached hydrogen (secondary N) is 1. The van der Waals surface area contributed by atoms with Gasteiger partial charge in [-0.25, -0.2) is 0 Å². The summed E-state index contributed by atoms with van der Waals surface area (Å²) in [5.41, 5.74) is 2.72. The third kappa shape index (κ3) is 2.05. The van der Waals surface area contributed by atoms with Crippen molar-refractivity contribution in [1.82, 2.24) is 10.2 Å². The van der Waals surface area contributed by atoms with Crippen molar-refractivity contribution in [1.29, 1.82) is 0 Å². The minimum Gasteiger partial charge on any atom is -0.486 e. The van der Waals surface area contributed by atoms with Crippen LogP contribution in [-0.2, 0) is 13.1 Å². The maximum atomic E-state index is 6.29. The molecule has 2 aliphatic rings. The van der Waals surface area contributed by atoms with Crippen molar-refractivity contribution in [2.45, 2.75) is 32.0 Å². The van der Waals surface area contributed by atoms with Gasteiger partial charge in [-0.1, -0.05) is 12.1 Å². The average Bonchev–Trinajstić information content (AvgIpc) is 2.86. The molecule has 2 heterocycles. The molecule has 0 amide bonds. The molecule has 1 N–H and O–H groups in total. The molecule has 1 aromatic rings. The zero-order valence-electron chi connectivity index (χ0n) is 10.6. The number of nitrogens with zero attached hydrogens (tertiary/aromatic N) is 1. The fourth-order valence-corrected chi connectivity index (χ4v) is 2.90. The number of ether oxygens (including phenoxy) is 1. The van der Waals surface area contributed by atoms with Gasteiger partial charge in [-0.2, -0.15) is 0 Å². The van der Waals surface area contributed by atoms with Crippen molar-refractivity contribution in [3.05, 3.63) is 29.3 Å². The van der Waals surface area contributed by atoms with Crippen molar-refractivity contribution in [2.75, 3.05) is 20.1 Å². The minimum atomic E-state index is -0.0214. The first-order valence-corrected chi connectivity index (χ1v) is 6.35. The van der Waals surface area contributed by atoms with E-state index < -0.39 is 0 Å².